The van der Waals surface area contributed by atoms with Crippen LogP contribution >= 0.6 is 0 Å². The summed E-state index contributed by atoms with van der Waals surface area (Å²) in [7, 11) is 0. The lowest BCUT2D eigenvalue weighted by Crippen LogP contribution is -2.41. The van der Waals surface area contributed by atoms with Crippen LogP contribution in [0.15, 0.2) is 6.07 Å². The van der Waals surface area contributed by atoms with Gasteiger partial charge in [-0.2, -0.15) is 0 Å². The zero-order chi connectivity index (χ0) is 13.1. The first-order valence-corrected chi connectivity index (χ1v) is 6.37. The van der Waals surface area contributed by atoms with E-state index in [0.717, 1.165) is 43.1 Å². The average molecular weight is 249 g/mol. The molecule has 5 heteroatoms. The number of aliphatic carboxylic acids is 1. The van der Waals surface area contributed by atoms with Crippen LogP contribution in [0.4, 0.5) is 5.82 Å². The highest BCUT2D eigenvalue weighted by atomic mass is 16.4. The molecule has 98 valence electrons. The summed E-state index contributed by atoms with van der Waals surface area (Å²) in [6.45, 7) is 4.69. The van der Waals surface area contributed by atoms with Crippen LogP contribution in [0.25, 0.3) is 0 Å². The Morgan fingerprint density at radius 1 is 1.44 bits per heavy atom. The number of aromatic nitrogens is 2. The van der Waals surface area contributed by atoms with E-state index in [0.29, 0.717) is 0 Å². The van der Waals surface area contributed by atoms with Gasteiger partial charge in [-0.15, -0.1) is 0 Å². The topological polar surface area (TPSA) is 66.3 Å². The Bertz CT molecular complexity index is 428. The lowest BCUT2D eigenvalue weighted by Gasteiger charge is -2.36. The molecule has 5 nitrogen and oxygen atoms in total. The van der Waals surface area contributed by atoms with E-state index in [9.17, 15) is 4.79 Å². The standard InChI is InChI=1S/C13H19N3O2/c1-9-7-12(15-10(2)14-9)16-6-4-3-5-11(16)8-13(17)18/h7,11H,3-6,8H2,1-2H3,(H,17,18). The van der Waals surface area contributed by atoms with Crippen LogP contribution in [0.3, 0.4) is 0 Å². The highest BCUT2D eigenvalue weighted by Gasteiger charge is 2.25. The van der Waals surface area contributed by atoms with Crippen LogP contribution in [-0.2, 0) is 4.79 Å². The Balaban J connectivity index is 2.24. The molecule has 0 aromatic carbocycles. The predicted octanol–water partition coefficient (Wildman–Crippen LogP) is 1.93. The van der Waals surface area contributed by atoms with E-state index in [1.54, 1.807) is 0 Å². The molecule has 1 atom stereocenters. The van der Waals surface area contributed by atoms with Gasteiger partial charge in [-0.3, -0.25) is 4.79 Å². The third-order valence-electron chi connectivity index (χ3n) is 3.28. The monoisotopic (exact) mass is 249 g/mol. The van der Waals surface area contributed by atoms with Crippen LogP contribution in [0.1, 0.15) is 37.2 Å². The summed E-state index contributed by atoms with van der Waals surface area (Å²) in [4.78, 5) is 21.7. The van der Waals surface area contributed by atoms with E-state index in [-0.39, 0.29) is 12.5 Å². The fourth-order valence-corrected chi connectivity index (χ4v) is 2.56. The van der Waals surface area contributed by atoms with Gasteiger partial charge in [0.05, 0.1) is 6.42 Å². The van der Waals surface area contributed by atoms with Gasteiger partial charge in [-0.05, 0) is 33.1 Å². The van der Waals surface area contributed by atoms with Gasteiger partial charge in [0.15, 0.2) is 0 Å². The van der Waals surface area contributed by atoms with Gasteiger partial charge >= 0.3 is 5.97 Å². The van der Waals surface area contributed by atoms with Crippen LogP contribution in [0.2, 0.25) is 0 Å². The smallest absolute Gasteiger partial charge is 0.305 e. The Morgan fingerprint density at radius 3 is 2.89 bits per heavy atom. The normalized spacial score (nSPS) is 19.9. The number of carboxylic acids is 1. The number of piperidine rings is 1. The molecule has 0 aliphatic carbocycles. The summed E-state index contributed by atoms with van der Waals surface area (Å²) < 4.78 is 0. The Labute approximate surface area is 107 Å². The fraction of sp³-hybridized carbons (Fsp3) is 0.615. The van der Waals surface area contributed by atoms with Crippen molar-refractivity contribution in [2.75, 3.05) is 11.4 Å². The molecule has 0 radical (unpaired) electrons. The zero-order valence-electron chi connectivity index (χ0n) is 10.9. The molecule has 1 aliphatic heterocycles. The third kappa shape index (κ3) is 2.97. The molecule has 1 fully saturated rings. The quantitative estimate of drug-likeness (QED) is 0.886. The van der Waals surface area contributed by atoms with E-state index in [1.807, 2.05) is 19.9 Å². The molecule has 0 saturated carbocycles. The molecule has 1 aromatic heterocycles. The van der Waals surface area contributed by atoms with Crippen molar-refractivity contribution < 1.29 is 9.90 Å². The van der Waals surface area contributed by atoms with E-state index < -0.39 is 5.97 Å². The van der Waals surface area contributed by atoms with Crippen molar-refractivity contribution in [1.82, 2.24) is 9.97 Å². The molecule has 1 aliphatic rings. The first-order valence-electron chi connectivity index (χ1n) is 6.37. The van der Waals surface area contributed by atoms with Crippen molar-refractivity contribution >= 4 is 11.8 Å². The number of carbonyl (C=O) groups is 1. The number of anilines is 1. The number of hydrogen-bond donors (Lipinski definition) is 1. The van der Waals surface area contributed by atoms with Crippen LogP contribution in [0, 0.1) is 13.8 Å². The van der Waals surface area contributed by atoms with Crippen LogP contribution < -0.4 is 4.90 Å². The van der Waals surface area contributed by atoms with Gasteiger partial charge in [0, 0.05) is 24.3 Å². The number of rotatable bonds is 3. The molecule has 0 spiro atoms. The second-order valence-corrected chi connectivity index (χ2v) is 4.86. The van der Waals surface area contributed by atoms with E-state index in [1.165, 1.54) is 0 Å². The molecular formula is C13H19N3O2. The third-order valence-corrected chi connectivity index (χ3v) is 3.28. The summed E-state index contributed by atoms with van der Waals surface area (Å²) in [6, 6.07) is 2.00. The predicted molar refractivity (Wildman–Crippen MR) is 68.7 cm³/mol. The van der Waals surface area contributed by atoms with Crippen LogP contribution in [-0.4, -0.2) is 33.6 Å². The Hall–Kier alpha value is -1.65. The van der Waals surface area contributed by atoms with Crippen molar-refractivity contribution in [3.8, 4) is 0 Å². The Morgan fingerprint density at radius 2 is 2.22 bits per heavy atom. The number of nitrogens with zero attached hydrogens (tertiary/aromatic N) is 3. The zero-order valence-corrected chi connectivity index (χ0v) is 10.9. The molecular weight excluding hydrogens is 230 g/mol. The minimum atomic E-state index is -0.741. The van der Waals surface area contributed by atoms with Crippen molar-refractivity contribution in [3.05, 3.63) is 17.6 Å². The largest absolute Gasteiger partial charge is 0.481 e. The minimum absolute atomic E-state index is 0.0601. The summed E-state index contributed by atoms with van der Waals surface area (Å²) in [5.74, 6) is 0.866. The van der Waals surface area contributed by atoms with Crippen molar-refractivity contribution in [2.45, 2.75) is 45.6 Å². The lowest BCUT2D eigenvalue weighted by molar-refractivity contribution is -0.137. The molecule has 1 aromatic rings. The summed E-state index contributed by atoms with van der Waals surface area (Å²) in [5.41, 5.74) is 0.928. The first kappa shape index (κ1) is 12.8. The molecule has 2 heterocycles. The minimum Gasteiger partial charge on any atom is -0.481 e. The average Bonchev–Trinajstić information content (AvgIpc) is 2.27. The first-order chi connectivity index (χ1) is 8.56. The maximum absolute atomic E-state index is 10.9. The molecule has 18 heavy (non-hydrogen) atoms. The highest BCUT2D eigenvalue weighted by molar-refractivity contribution is 5.68. The van der Waals surface area contributed by atoms with E-state index >= 15 is 0 Å². The fourth-order valence-electron chi connectivity index (χ4n) is 2.56. The van der Waals surface area contributed by atoms with Crippen molar-refractivity contribution in [2.24, 2.45) is 0 Å². The molecule has 1 unspecified atom stereocenters. The molecule has 1 saturated heterocycles. The van der Waals surface area contributed by atoms with Gasteiger partial charge < -0.3 is 10.0 Å². The van der Waals surface area contributed by atoms with Gasteiger partial charge in [0.1, 0.15) is 11.6 Å². The number of carboxylic acid groups (broad SMARTS) is 1. The number of hydrogen-bond acceptors (Lipinski definition) is 4. The van der Waals surface area contributed by atoms with Gasteiger partial charge in [-0.1, -0.05) is 0 Å². The maximum Gasteiger partial charge on any atom is 0.305 e. The SMILES string of the molecule is Cc1cc(N2CCCCC2CC(=O)O)nc(C)n1. The second kappa shape index (κ2) is 5.33. The summed E-state index contributed by atoms with van der Waals surface area (Å²) in [5, 5.41) is 8.98. The van der Waals surface area contributed by atoms with Gasteiger partial charge in [0.25, 0.3) is 0 Å². The Kier molecular flexibility index (Phi) is 3.79. The summed E-state index contributed by atoms with van der Waals surface area (Å²) in [6.07, 6.45) is 3.30. The van der Waals surface area contributed by atoms with Crippen LogP contribution in [0.5, 0.6) is 0 Å². The molecule has 2 rings (SSSR count). The summed E-state index contributed by atoms with van der Waals surface area (Å²) >= 11 is 0. The van der Waals surface area contributed by atoms with Gasteiger partial charge in [0.2, 0.25) is 0 Å². The highest BCUT2D eigenvalue weighted by Crippen LogP contribution is 2.25. The van der Waals surface area contributed by atoms with Gasteiger partial charge in [-0.25, -0.2) is 9.97 Å². The van der Waals surface area contributed by atoms with Crippen molar-refractivity contribution in [1.29, 1.82) is 0 Å². The lowest BCUT2D eigenvalue weighted by atomic mass is 9.99. The second-order valence-electron chi connectivity index (χ2n) is 4.86. The molecule has 0 amide bonds. The van der Waals surface area contributed by atoms with E-state index in [4.69, 9.17) is 5.11 Å². The number of aryl methyl sites for hydroxylation is 2. The molecule has 1 N–H and O–H groups in total. The van der Waals surface area contributed by atoms with Crippen molar-refractivity contribution in [3.63, 3.8) is 0 Å². The van der Waals surface area contributed by atoms with E-state index in [2.05, 4.69) is 14.9 Å². The molecule has 0 bridgehead atoms. The maximum atomic E-state index is 10.9.